The maximum atomic E-state index is 9.25. The van der Waals surface area contributed by atoms with Crippen LogP contribution in [0, 0.1) is 17.2 Å². The summed E-state index contributed by atoms with van der Waals surface area (Å²) in [7, 11) is 0. The van der Waals surface area contributed by atoms with Gasteiger partial charge in [-0.15, -0.1) is 0 Å². The number of rotatable bonds is 2. The van der Waals surface area contributed by atoms with Gasteiger partial charge < -0.3 is 14.4 Å². The number of piperidine rings is 1. The van der Waals surface area contributed by atoms with E-state index in [9.17, 15) is 5.26 Å². The van der Waals surface area contributed by atoms with Gasteiger partial charge in [-0.05, 0) is 31.0 Å². The van der Waals surface area contributed by atoms with Crippen LogP contribution in [0.3, 0.4) is 0 Å². The number of halogens is 1. The Morgan fingerprint density at radius 3 is 2.85 bits per heavy atom. The first-order valence-corrected chi connectivity index (χ1v) is 7.33. The number of nitrogens with zero attached hydrogens (tertiary/aromatic N) is 2. The lowest BCUT2D eigenvalue weighted by molar-refractivity contribution is -0.0858. The summed E-state index contributed by atoms with van der Waals surface area (Å²) in [4.78, 5) is 2.23. The van der Waals surface area contributed by atoms with Crippen LogP contribution in [0.4, 0.5) is 5.69 Å². The Labute approximate surface area is 123 Å². The second-order valence-corrected chi connectivity index (χ2v) is 5.67. The molecule has 2 fully saturated rings. The zero-order chi connectivity index (χ0) is 13.9. The standard InChI is InChI=1S/C15H17ClN2O2/c16-13-4-3-11(9-17)14(8-13)18-5-1-2-12(10-18)15-19-6-7-20-15/h3-4,8,12,15H,1-2,5-7,10H2/t12-/m0/s1. The SMILES string of the molecule is N#Cc1ccc(Cl)cc1N1CCC[C@H](C2OCCO2)C1. The van der Waals surface area contributed by atoms with Gasteiger partial charge in [0, 0.05) is 24.0 Å². The van der Waals surface area contributed by atoms with E-state index >= 15 is 0 Å². The molecule has 0 unspecified atom stereocenters. The minimum absolute atomic E-state index is 0.0949. The molecule has 1 aromatic carbocycles. The van der Waals surface area contributed by atoms with Crippen molar-refractivity contribution in [1.29, 1.82) is 5.26 Å². The van der Waals surface area contributed by atoms with Crippen molar-refractivity contribution in [3.63, 3.8) is 0 Å². The van der Waals surface area contributed by atoms with E-state index in [2.05, 4.69) is 11.0 Å². The maximum absolute atomic E-state index is 9.25. The van der Waals surface area contributed by atoms with E-state index in [1.54, 1.807) is 12.1 Å². The topological polar surface area (TPSA) is 45.5 Å². The van der Waals surface area contributed by atoms with Crippen molar-refractivity contribution in [2.24, 2.45) is 5.92 Å². The number of anilines is 1. The third kappa shape index (κ3) is 2.76. The Kier molecular flexibility index (Phi) is 4.11. The number of hydrogen-bond acceptors (Lipinski definition) is 4. The summed E-state index contributed by atoms with van der Waals surface area (Å²) in [6.45, 7) is 3.15. The molecule has 0 saturated carbocycles. The lowest BCUT2D eigenvalue weighted by Gasteiger charge is -2.36. The van der Waals surface area contributed by atoms with Gasteiger partial charge in [-0.1, -0.05) is 11.6 Å². The van der Waals surface area contributed by atoms with Gasteiger partial charge in [-0.3, -0.25) is 0 Å². The van der Waals surface area contributed by atoms with Crippen LogP contribution in [0.1, 0.15) is 18.4 Å². The minimum atomic E-state index is -0.0949. The summed E-state index contributed by atoms with van der Waals surface area (Å²) in [5.41, 5.74) is 1.59. The molecule has 0 amide bonds. The molecule has 2 heterocycles. The van der Waals surface area contributed by atoms with Crippen LogP contribution in [-0.4, -0.2) is 32.6 Å². The molecule has 2 aliphatic rings. The first kappa shape index (κ1) is 13.7. The summed E-state index contributed by atoms with van der Waals surface area (Å²) < 4.78 is 11.2. The number of benzene rings is 1. The number of nitriles is 1. The summed E-state index contributed by atoms with van der Waals surface area (Å²) >= 11 is 6.07. The van der Waals surface area contributed by atoms with Crippen molar-refractivity contribution >= 4 is 17.3 Å². The highest BCUT2D eigenvalue weighted by atomic mass is 35.5. The van der Waals surface area contributed by atoms with Crippen molar-refractivity contribution < 1.29 is 9.47 Å². The molecule has 2 saturated heterocycles. The summed E-state index contributed by atoms with van der Waals surface area (Å²) in [6, 6.07) is 7.66. The molecule has 1 aromatic rings. The van der Waals surface area contributed by atoms with Gasteiger partial charge in [-0.25, -0.2) is 0 Å². The van der Waals surface area contributed by atoms with Gasteiger partial charge in [0.05, 0.1) is 24.5 Å². The third-order valence-electron chi connectivity index (χ3n) is 3.91. The van der Waals surface area contributed by atoms with Crippen molar-refractivity contribution in [2.45, 2.75) is 19.1 Å². The van der Waals surface area contributed by atoms with Crippen LogP contribution in [-0.2, 0) is 9.47 Å². The molecule has 4 nitrogen and oxygen atoms in total. The van der Waals surface area contributed by atoms with Gasteiger partial charge >= 0.3 is 0 Å². The fraction of sp³-hybridized carbons (Fsp3) is 0.533. The second kappa shape index (κ2) is 6.01. The average molecular weight is 293 g/mol. The second-order valence-electron chi connectivity index (χ2n) is 5.23. The normalized spacial score (nSPS) is 23.8. The van der Waals surface area contributed by atoms with E-state index in [-0.39, 0.29) is 6.29 Å². The van der Waals surface area contributed by atoms with Crippen molar-refractivity contribution in [3.05, 3.63) is 28.8 Å². The molecule has 0 radical (unpaired) electrons. The van der Waals surface area contributed by atoms with Crippen LogP contribution < -0.4 is 4.90 Å². The summed E-state index contributed by atoms with van der Waals surface area (Å²) in [5, 5.41) is 9.91. The van der Waals surface area contributed by atoms with Gasteiger partial charge in [0.15, 0.2) is 6.29 Å². The first-order valence-electron chi connectivity index (χ1n) is 6.96. The Balaban J connectivity index is 1.79. The molecule has 0 aliphatic carbocycles. The third-order valence-corrected chi connectivity index (χ3v) is 4.15. The summed E-state index contributed by atoms with van der Waals surface area (Å²) in [5.74, 6) is 0.358. The van der Waals surface area contributed by atoms with E-state index in [1.807, 2.05) is 6.07 Å². The van der Waals surface area contributed by atoms with Crippen LogP contribution in [0.5, 0.6) is 0 Å². The monoisotopic (exact) mass is 292 g/mol. The molecule has 106 valence electrons. The number of ether oxygens (including phenoxy) is 2. The van der Waals surface area contributed by atoms with Gasteiger partial charge in [0.2, 0.25) is 0 Å². The smallest absolute Gasteiger partial charge is 0.162 e. The zero-order valence-corrected chi connectivity index (χ0v) is 12.0. The quantitative estimate of drug-likeness (QED) is 0.841. The molecule has 0 N–H and O–H groups in total. The molecule has 3 rings (SSSR count). The Morgan fingerprint density at radius 1 is 1.30 bits per heavy atom. The van der Waals surface area contributed by atoms with Crippen molar-refractivity contribution in [3.8, 4) is 6.07 Å². The largest absolute Gasteiger partial charge is 0.370 e. The predicted octanol–water partition coefficient (Wildman–Crippen LogP) is 2.80. The summed E-state index contributed by atoms with van der Waals surface area (Å²) in [6.07, 6.45) is 2.08. The van der Waals surface area contributed by atoms with Gasteiger partial charge in [-0.2, -0.15) is 5.26 Å². The molecule has 0 bridgehead atoms. The highest BCUT2D eigenvalue weighted by Gasteiger charge is 2.31. The molecule has 0 aromatic heterocycles. The molecule has 5 heteroatoms. The Morgan fingerprint density at radius 2 is 2.10 bits per heavy atom. The van der Waals surface area contributed by atoms with Crippen LogP contribution in [0.15, 0.2) is 18.2 Å². The lowest BCUT2D eigenvalue weighted by atomic mass is 9.96. The van der Waals surface area contributed by atoms with E-state index in [0.717, 1.165) is 31.6 Å². The molecule has 0 spiro atoms. The molecule has 20 heavy (non-hydrogen) atoms. The molecule has 2 aliphatic heterocycles. The Bertz CT molecular complexity index is 523. The molecular weight excluding hydrogens is 276 g/mol. The van der Waals surface area contributed by atoms with Gasteiger partial charge in [0.25, 0.3) is 0 Å². The van der Waals surface area contributed by atoms with Crippen LogP contribution in [0.2, 0.25) is 5.02 Å². The average Bonchev–Trinajstić information content (AvgIpc) is 3.01. The molecule has 1 atom stereocenters. The van der Waals surface area contributed by atoms with Crippen molar-refractivity contribution in [2.75, 3.05) is 31.2 Å². The van der Waals surface area contributed by atoms with E-state index < -0.39 is 0 Å². The Hall–Kier alpha value is -1.28. The van der Waals surface area contributed by atoms with Crippen LogP contribution >= 0.6 is 11.6 Å². The maximum Gasteiger partial charge on any atom is 0.162 e. The van der Waals surface area contributed by atoms with E-state index in [4.69, 9.17) is 21.1 Å². The zero-order valence-electron chi connectivity index (χ0n) is 11.2. The highest BCUT2D eigenvalue weighted by molar-refractivity contribution is 6.30. The van der Waals surface area contributed by atoms with E-state index in [1.165, 1.54) is 0 Å². The number of hydrogen-bond donors (Lipinski definition) is 0. The molecular formula is C15H17ClN2O2. The minimum Gasteiger partial charge on any atom is -0.370 e. The fourth-order valence-corrected chi connectivity index (χ4v) is 3.13. The fourth-order valence-electron chi connectivity index (χ4n) is 2.96. The highest BCUT2D eigenvalue weighted by Crippen LogP contribution is 2.31. The van der Waals surface area contributed by atoms with E-state index in [0.29, 0.717) is 29.7 Å². The lowest BCUT2D eigenvalue weighted by Crippen LogP contribution is -2.41. The first-order chi connectivity index (χ1) is 9.78. The van der Waals surface area contributed by atoms with Gasteiger partial charge in [0.1, 0.15) is 6.07 Å². The van der Waals surface area contributed by atoms with Crippen molar-refractivity contribution in [1.82, 2.24) is 0 Å². The predicted molar refractivity (Wildman–Crippen MR) is 76.8 cm³/mol. The van der Waals surface area contributed by atoms with Crippen LogP contribution in [0.25, 0.3) is 0 Å².